The number of nitrogens with one attached hydrogen (secondary N) is 1. The number of rotatable bonds is 3. The van der Waals surface area contributed by atoms with E-state index in [1.54, 1.807) is 11.8 Å². The molecule has 0 saturated heterocycles. The summed E-state index contributed by atoms with van der Waals surface area (Å²) < 4.78 is 1.25. The normalized spacial score (nSPS) is 23.3. The summed E-state index contributed by atoms with van der Waals surface area (Å²) >= 11 is 1.68. The average molecular weight is 282 g/mol. The van der Waals surface area contributed by atoms with Crippen molar-refractivity contribution in [3.05, 3.63) is 32.6 Å². The van der Waals surface area contributed by atoms with Gasteiger partial charge in [0.2, 0.25) is 0 Å². The van der Waals surface area contributed by atoms with Crippen LogP contribution >= 0.6 is 11.8 Å². The second kappa shape index (κ2) is 5.77. The van der Waals surface area contributed by atoms with Gasteiger partial charge in [0.25, 0.3) is 5.56 Å². The highest BCUT2D eigenvalue weighted by Gasteiger charge is 2.29. The van der Waals surface area contributed by atoms with E-state index in [2.05, 4.69) is 4.98 Å². The Morgan fingerprint density at radius 3 is 2.68 bits per heavy atom. The Kier molecular flexibility index (Phi) is 4.29. The molecule has 19 heavy (non-hydrogen) atoms. The van der Waals surface area contributed by atoms with Gasteiger partial charge in [-0.05, 0) is 26.0 Å². The van der Waals surface area contributed by atoms with Gasteiger partial charge in [-0.2, -0.15) is 11.8 Å². The van der Waals surface area contributed by atoms with Crippen LogP contribution in [0.1, 0.15) is 49.0 Å². The van der Waals surface area contributed by atoms with Gasteiger partial charge in [0.15, 0.2) is 5.78 Å². The van der Waals surface area contributed by atoms with Crippen molar-refractivity contribution in [3.8, 4) is 0 Å². The molecule has 0 bridgehead atoms. The topological polar surface area (TPSA) is 71.9 Å². The van der Waals surface area contributed by atoms with E-state index >= 15 is 0 Å². The molecule has 1 N–H and O–H groups in total. The molecular weight excluding hydrogens is 264 g/mol. The molecule has 0 spiro atoms. The molecule has 1 aliphatic rings. The maximum absolute atomic E-state index is 12.3. The predicted molar refractivity (Wildman–Crippen MR) is 76.1 cm³/mol. The lowest BCUT2D eigenvalue weighted by molar-refractivity contribution is 0.101. The smallest absolute Gasteiger partial charge is 0.313 e. The van der Waals surface area contributed by atoms with E-state index in [1.807, 2.05) is 6.26 Å². The Bertz CT molecular complexity index is 590. The van der Waals surface area contributed by atoms with Gasteiger partial charge in [0.1, 0.15) is 0 Å². The minimum Gasteiger partial charge on any atom is -0.313 e. The maximum Gasteiger partial charge on any atom is 0.328 e. The fourth-order valence-corrected chi connectivity index (χ4v) is 3.66. The fourth-order valence-electron chi connectivity index (χ4n) is 2.69. The third-order valence-corrected chi connectivity index (χ3v) is 4.84. The highest BCUT2D eigenvalue weighted by atomic mass is 32.2. The molecule has 1 aliphatic carbocycles. The molecule has 2 rings (SSSR count). The summed E-state index contributed by atoms with van der Waals surface area (Å²) in [5, 5.41) is 0.259. The van der Waals surface area contributed by atoms with Crippen LogP contribution in [0.2, 0.25) is 0 Å². The summed E-state index contributed by atoms with van der Waals surface area (Å²) in [5.74, 6) is -0.313. The molecule has 0 aromatic carbocycles. The largest absolute Gasteiger partial charge is 0.328 e. The van der Waals surface area contributed by atoms with E-state index in [4.69, 9.17) is 0 Å². The quantitative estimate of drug-likeness (QED) is 0.854. The highest BCUT2D eigenvalue weighted by molar-refractivity contribution is 7.99. The Hall–Kier alpha value is -1.30. The zero-order chi connectivity index (χ0) is 14.0. The highest BCUT2D eigenvalue weighted by Crippen LogP contribution is 2.34. The van der Waals surface area contributed by atoms with E-state index in [1.165, 1.54) is 17.7 Å². The number of aromatic nitrogens is 2. The van der Waals surface area contributed by atoms with Gasteiger partial charge < -0.3 is 4.98 Å². The third kappa shape index (κ3) is 2.68. The van der Waals surface area contributed by atoms with E-state index in [-0.39, 0.29) is 22.6 Å². The molecule has 0 aliphatic heterocycles. The van der Waals surface area contributed by atoms with Crippen LogP contribution in [0.15, 0.2) is 15.8 Å². The van der Waals surface area contributed by atoms with Crippen molar-refractivity contribution >= 4 is 17.5 Å². The number of carbonyl (C=O) groups excluding carboxylic acids is 1. The molecule has 104 valence electrons. The van der Waals surface area contributed by atoms with Crippen molar-refractivity contribution < 1.29 is 4.79 Å². The molecule has 1 aromatic heterocycles. The molecular formula is C13H18N2O3S. The standard InChI is InChI=1S/C13H18N2O3S/c1-8(16)9-7-14-13(18)15(12(9)17)10-5-3-4-6-11(10)19-2/h7,10-11H,3-6H2,1-2H3,(H,14,18). The van der Waals surface area contributed by atoms with Crippen LogP contribution in [-0.4, -0.2) is 26.8 Å². The number of Topliss-reactive ketones (excluding diaryl/α,β-unsaturated/α-hetero) is 1. The van der Waals surface area contributed by atoms with Gasteiger partial charge in [-0.3, -0.25) is 14.2 Å². The third-order valence-electron chi connectivity index (χ3n) is 3.69. The van der Waals surface area contributed by atoms with Gasteiger partial charge in [-0.25, -0.2) is 4.79 Å². The Balaban J connectivity index is 2.54. The number of nitrogens with zero attached hydrogens (tertiary/aromatic N) is 1. The van der Waals surface area contributed by atoms with Gasteiger partial charge in [0, 0.05) is 11.4 Å². The summed E-state index contributed by atoms with van der Waals surface area (Å²) in [6, 6.07) is -0.112. The van der Waals surface area contributed by atoms with Gasteiger partial charge in [0.05, 0.1) is 11.6 Å². The first-order valence-electron chi connectivity index (χ1n) is 6.44. The molecule has 1 saturated carbocycles. The number of thioether (sulfide) groups is 1. The van der Waals surface area contributed by atoms with Crippen LogP contribution in [0.4, 0.5) is 0 Å². The van der Waals surface area contributed by atoms with Gasteiger partial charge in [-0.15, -0.1) is 0 Å². The van der Waals surface area contributed by atoms with Crippen LogP contribution in [0, 0.1) is 0 Å². The first-order chi connectivity index (χ1) is 9.06. The van der Waals surface area contributed by atoms with E-state index in [9.17, 15) is 14.4 Å². The first kappa shape index (κ1) is 14.1. The summed E-state index contributed by atoms with van der Waals surface area (Å²) in [4.78, 5) is 38.2. The lowest BCUT2D eigenvalue weighted by Gasteiger charge is -2.31. The fraction of sp³-hybridized carbons (Fsp3) is 0.615. The number of hydrogen-bond donors (Lipinski definition) is 1. The summed E-state index contributed by atoms with van der Waals surface area (Å²) in [7, 11) is 0. The van der Waals surface area contributed by atoms with Crippen molar-refractivity contribution in [3.63, 3.8) is 0 Å². The number of carbonyl (C=O) groups is 1. The van der Waals surface area contributed by atoms with Crippen molar-refractivity contribution in [1.29, 1.82) is 0 Å². The zero-order valence-corrected chi connectivity index (χ0v) is 12.0. The predicted octanol–water partition coefficient (Wildman–Crippen LogP) is 1.59. The Morgan fingerprint density at radius 2 is 2.05 bits per heavy atom. The molecule has 5 nitrogen and oxygen atoms in total. The van der Waals surface area contributed by atoms with Gasteiger partial charge >= 0.3 is 5.69 Å². The second-order valence-corrected chi connectivity index (χ2v) is 5.94. The lowest BCUT2D eigenvalue weighted by atomic mass is 9.94. The molecule has 6 heteroatoms. The average Bonchev–Trinajstić information content (AvgIpc) is 2.39. The first-order valence-corrected chi connectivity index (χ1v) is 7.73. The van der Waals surface area contributed by atoms with Crippen LogP contribution in [0.25, 0.3) is 0 Å². The van der Waals surface area contributed by atoms with Crippen molar-refractivity contribution in [2.45, 2.75) is 43.9 Å². The summed E-state index contributed by atoms with van der Waals surface area (Å²) in [5.41, 5.74) is -0.812. The number of ketones is 1. The van der Waals surface area contributed by atoms with E-state index in [0.29, 0.717) is 0 Å². The van der Waals surface area contributed by atoms with Crippen LogP contribution < -0.4 is 11.2 Å². The van der Waals surface area contributed by atoms with Crippen molar-refractivity contribution in [2.75, 3.05) is 6.26 Å². The van der Waals surface area contributed by atoms with Crippen LogP contribution in [0.3, 0.4) is 0 Å². The Labute approximate surface area is 115 Å². The molecule has 2 unspecified atom stereocenters. The minimum absolute atomic E-state index is 0.0602. The number of H-pyrrole nitrogens is 1. The number of aromatic amines is 1. The maximum atomic E-state index is 12.3. The van der Waals surface area contributed by atoms with Crippen LogP contribution in [0.5, 0.6) is 0 Å². The molecule has 0 radical (unpaired) electrons. The second-order valence-electron chi connectivity index (χ2n) is 4.86. The number of hydrogen-bond acceptors (Lipinski definition) is 4. The monoisotopic (exact) mass is 282 g/mol. The van der Waals surface area contributed by atoms with E-state index in [0.717, 1.165) is 25.7 Å². The molecule has 1 heterocycles. The Morgan fingerprint density at radius 1 is 1.37 bits per heavy atom. The lowest BCUT2D eigenvalue weighted by Crippen LogP contribution is -2.44. The summed E-state index contributed by atoms with van der Waals surface area (Å²) in [6.45, 7) is 1.34. The van der Waals surface area contributed by atoms with Gasteiger partial charge in [-0.1, -0.05) is 12.8 Å². The molecule has 1 fully saturated rings. The molecule has 2 atom stereocenters. The SMILES string of the molecule is CSC1CCCCC1n1c(=O)[nH]cc(C(C)=O)c1=O. The summed E-state index contributed by atoms with van der Waals surface area (Å²) in [6.07, 6.45) is 7.17. The van der Waals surface area contributed by atoms with Crippen molar-refractivity contribution in [2.24, 2.45) is 0 Å². The van der Waals surface area contributed by atoms with Crippen LogP contribution in [-0.2, 0) is 0 Å². The van der Waals surface area contributed by atoms with E-state index < -0.39 is 11.2 Å². The molecule has 1 aromatic rings. The molecule has 0 amide bonds. The van der Waals surface area contributed by atoms with Crippen molar-refractivity contribution in [1.82, 2.24) is 9.55 Å². The zero-order valence-electron chi connectivity index (χ0n) is 11.1. The minimum atomic E-state index is -0.456.